The van der Waals surface area contributed by atoms with Gasteiger partial charge in [0.25, 0.3) is 0 Å². The van der Waals surface area contributed by atoms with Gasteiger partial charge in [-0.15, -0.1) is 0 Å². The molecule has 94 valence electrons. The van der Waals surface area contributed by atoms with Crippen molar-refractivity contribution in [1.29, 1.82) is 0 Å². The second kappa shape index (κ2) is 5.28. The highest BCUT2D eigenvalue weighted by Gasteiger charge is 2.32. The van der Waals surface area contributed by atoms with Gasteiger partial charge in [0.2, 0.25) is 0 Å². The van der Waals surface area contributed by atoms with Crippen molar-refractivity contribution in [2.24, 2.45) is 11.1 Å². The number of nitrogens with two attached hydrogens (primary N) is 1. The maximum absolute atomic E-state index is 6.15. The quantitative estimate of drug-likeness (QED) is 0.893. The van der Waals surface area contributed by atoms with Crippen LogP contribution < -0.4 is 10.5 Å². The molecule has 0 spiro atoms. The molecule has 1 aliphatic rings. The first-order valence-electron chi connectivity index (χ1n) is 6.22. The summed E-state index contributed by atoms with van der Waals surface area (Å²) in [5, 5.41) is 0.690. The number of rotatable bonds is 4. The summed E-state index contributed by atoms with van der Waals surface area (Å²) in [6, 6.07) is 6.05. The first kappa shape index (κ1) is 12.7. The second-order valence-electron chi connectivity index (χ2n) is 5.06. The maximum atomic E-state index is 6.15. The fraction of sp³-hybridized carbons (Fsp3) is 0.571. The van der Waals surface area contributed by atoms with Crippen LogP contribution in [-0.2, 0) is 6.42 Å². The number of benzene rings is 1. The van der Waals surface area contributed by atoms with Gasteiger partial charge in [-0.3, -0.25) is 0 Å². The zero-order valence-electron chi connectivity index (χ0n) is 10.3. The van der Waals surface area contributed by atoms with E-state index in [4.69, 9.17) is 22.1 Å². The van der Waals surface area contributed by atoms with Crippen LogP contribution in [-0.4, -0.2) is 13.7 Å². The van der Waals surface area contributed by atoms with Crippen molar-refractivity contribution in [1.82, 2.24) is 0 Å². The summed E-state index contributed by atoms with van der Waals surface area (Å²) < 4.78 is 5.16. The monoisotopic (exact) mass is 253 g/mol. The van der Waals surface area contributed by atoms with Gasteiger partial charge in [0.15, 0.2) is 0 Å². The van der Waals surface area contributed by atoms with E-state index in [2.05, 4.69) is 6.07 Å². The average molecular weight is 254 g/mol. The Morgan fingerprint density at radius 1 is 1.35 bits per heavy atom. The van der Waals surface area contributed by atoms with Crippen molar-refractivity contribution in [3.63, 3.8) is 0 Å². The Hall–Kier alpha value is -0.730. The third kappa shape index (κ3) is 2.75. The predicted molar refractivity (Wildman–Crippen MR) is 71.7 cm³/mol. The molecule has 2 N–H and O–H groups in total. The first-order valence-corrected chi connectivity index (χ1v) is 6.59. The van der Waals surface area contributed by atoms with Crippen LogP contribution in [0.15, 0.2) is 18.2 Å². The normalized spacial score (nSPS) is 18.3. The van der Waals surface area contributed by atoms with Gasteiger partial charge >= 0.3 is 0 Å². The van der Waals surface area contributed by atoms with Crippen LogP contribution in [0.1, 0.15) is 31.2 Å². The van der Waals surface area contributed by atoms with E-state index in [1.54, 1.807) is 7.11 Å². The zero-order valence-corrected chi connectivity index (χ0v) is 11.1. The Labute approximate surface area is 108 Å². The molecule has 0 atom stereocenters. The van der Waals surface area contributed by atoms with Gasteiger partial charge in [-0.25, -0.2) is 0 Å². The SMILES string of the molecule is COc1ccc(CC2(CN)CCCC2)cc1Cl. The van der Waals surface area contributed by atoms with Gasteiger partial charge in [-0.1, -0.05) is 30.5 Å². The minimum atomic E-state index is 0.303. The number of hydrogen-bond acceptors (Lipinski definition) is 2. The largest absolute Gasteiger partial charge is 0.495 e. The van der Waals surface area contributed by atoms with Crippen LogP contribution in [0, 0.1) is 5.41 Å². The molecule has 1 fully saturated rings. The Balaban J connectivity index is 2.15. The molecule has 1 saturated carbocycles. The van der Waals surface area contributed by atoms with Gasteiger partial charge in [-0.05, 0) is 48.9 Å². The lowest BCUT2D eigenvalue weighted by molar-refractivity contribution is 0.306. The lowest BCUT2D eigenvalue weighted by atomic mass is 9.80. The van der Waals surface area contributed by atoms with Crippen molar-refractivity contribution >= 4 is 11.6 Å². The summed E-state index contributed by atoms with van der Waals surface area (Å²) in [5.74, 6) is 0.739. The van der Waals surface area contributed by atoms with Gasteiger partial charge in [0, 0.05) is 0 Å². The Bertz CT molecular complexity index is 386. The van der Waals surface area contributed by atoms with Crippen LogP contribution in [0.4, 0.5) is 0 Å². The Morgan fingerprint density at radius 2 is 2.06 bits per heavy atom. The Kier molecular flexibility index (Phi) is 3.95. The molecule has 0 bridgehead atoms. The van der Waals surface area contributed by atoms with Crippen molar-refractivity contribution in [3.8, 4) is 5.75 Å². The predicted octanol–water partition coefficient (Wildman–Crippen LogP) is 3.41. The summed E-state index contributed by atoms with van der Waals surface area (Å²) in [4.78, 5) is 0. The van der Waals surface area contributed by atoms with E-state index in [0.717, 1.165) is 18.7 Å². The number of ether oxygens (including phenoxy) is 1. The van der Waals surface area contributed by atoms with Crippen LogP contribution in [0.5, 0.6) is 5.75 Å². The molecule has 17 heavy (non-hydrogen) atoms. The summed E-state index contributed by atoms with van der Waals surface area (Å²) in [6.45, 7) is 0.774. The molecule has 1 aromatic carbocycles. The summed E-state index contributed by atoms with van der Waals surface area (Å²) in [6.07, 6.45) is 6.13. The second-order valence-corrected chi connectivity index (χ2v) is 5.46. The van der Waals surface area contributed by atoms with Crippen LogP contribution in [0.2, 0.25) is 5.02 Å². The van der Waals surface area contributed by atoms with E-state index in [1.807, 2.05) is 12.1 Å². The summed E-state index contributed by atoms with van der Waals surface area (Å²) in [5.41, 5.74) is 7.52. The molecular weight excluding hydrogens is 234 g/mol. The fourth-order valence-corrected chi connectivity index (χ4v) is 3.11. The van der Waals surface area contributed by atoms with E-state index in [1.165, 1.54) is 31.2 Å². The number of methoxy groups -OCH3 is 1. The molecule has 0 radical (unpaired) electrons. The van der Waals surface area contributed by atoms with Crippen molar-refractivity contribution < 1.29 is 4.74 Å². The molecule has 2 rings (SSSR count). The fourth-order valence-electron chi connectivity index (χ4n) is 2.83. The summed E-state index contributed by atoms with van der Waals surface area (Å²) in [7, 11) is 1.64. The molecule has 0 saturated heterocycles. The van der Waals surface area contributed by atoms with E-state index >= 15 is 0 Å². The van der Waals surface area contributed by atoms with Crippen LogP contribution >= 0.6 is 11.6 Å². The lowest BCUT2D eigenvalue weighted by Gasteiger charge is -2.27. The molecule has 0 aliphatic heterocycles. The molecule has 0 unspecified atom stereocenters. The highest BCUT2D eigenvalue weighted by atomic mass is 35.5. The number of halogens is 1. The van der Waals surface area contributed by atoms with Crippen LogP contribution in [0.25, 0.3) is 0 Å². The molecule has 0 amide bonds. The average Bonchev–Trinajstić information content (AvgIpc) is 2.79. The molecular formula is C14H20ClNO. The standard InChI is InChI=1S/C14H20ClNO/c1-17-13-5-4-11(8-12(13)15)9-14(10-16)6-2-3-7-14/h4-5,8H,2-3,6-7,9-10,16H2,1H3. The van der Waals surface area contributed by atoms with E-state index < -0.39 is 0 Å². The highest BCUT2D eigenvalue weighted by molar-refractivity contribution is 6.32. The molecule has 0 aromatic heterocycles. The van der Waals surface area contributed by atoms with Crippen molar-refractivity contribution in [2.45, 2.75) is 32.1 Å². The first-order chi connectivity index (χ1) is 8.19. The molecule has 2 nitrogen and oxygen atoms in total. The maximum Gasteiger partial charge on any atom is 0.137 e. The topological polar surface area (TPSA) is 35.2 Å². The van der Waals surface area contributed by atoms with Gasteiger partial charge < -0.3 is 10.5 Å². The lowest BCUT2D eigenvalue weighted by Crippen LogP contribution is -2.29. The van der Waals surface area contributed by atoms with Crippen LogP contribution in [0.3, 0.4) is 0 Å². The minimum Gasteiger partial charge on any atom is -0.495 e. The molecule has 1 aromatic rings. The van der Waals surface area contributed by atoms with Gasteiger partial charge in [0.05, 0.1) is 12.1 Å². The van der Waals surface area contributed by atoms with E-state index in [0.29, 0.717) is 10.4 Å². The Morgan fingerprint density at radius 3 is 2.59 bits per heavy atom. The zero-order chi connectivity index (χ0) is 12.3. The smallest absolute Gasteiger partial charge is 0.137 e. The van der Waals surface area contributed by atoms with Gasteiger partial charge in [-0.2, -0.15) is 0 Å². The highest BCUT2D eigenvalue weighted by Crippen LogP contribution is 2.40. The minimum absolute atomic E-state index is 0.303. The number of hydrogen-bond donors (Lipinski definition) is 1. The van der Waals surface area contributed by atoms with Gasteiger partial charge in [0.1, 0.15) is 5.75 Å². The van der Waals surface area contributed by atoms with Crippen molar-refractivity contribution in [2.75, 3.05) is 13.7 Å². The summed E-state index contributed by atoms with van der Waals surface area (Å²) >= 11 is 6.15. The third-order valence-electron chi connectivity index (χ3n) is 3.89. The molecule has 1 aliphatic carbocycles. The van der Waals surface area contributed by atoms with Crippen molar-refractivity contribution in [3.05, 3.63) is 28.8 Å². The van der Waals surface area contributed by atoms with E-state index in [9.17, 15) is 0 Å². The third-order valence-corrected chi connectivity index (χ3v) is 4.19. The molecule has 0 heterocycles. The molecule has 3 heteroatoms. The van der Waals surface area contributed by atoms with E-state index in [-0.39, 0.29) is 0 Å².